The number of nitrogens with zero attached hydrogens (tertiary/aromatic N) is 1. The fourth-order valence-corrected chi connectivity index (χ4v) is 3.08. The monoisotopic (exact) mass is 281 g/mol. The summed E-state index contributed by atoms with van der Waals surface area (Å²) in [5.41, 5.74) is 5.14. The molecule has 2 aromatic carbocycles. The molecule has 0 radical (unpaired) electrons. The predicted octanol–water partition coefficient (Wildman–Crippen LogP) is 2.50. The summed E-state index contributed by atoms with van der Waals surface area (Å²) >= 11 is 0. The standard InChI is InChI=1S/C18H22N2O/c1-19-12-16(21)13-20-17-8-4-2-6-14(17)10-11-15-7-3-5-9-18(15)20/h2-9,16,19,21H,10-13H2,1H3/t16-/m1/s1/i1-1. The van der Waals surface area contributed by atoms with Gasteiger partial charge in [-0.15, -0.1) is 0 Å². The number of likely N-dealkylation sites (N-methyl/N-ethyl adjacent to an activating group) is 1. The summed E-state index contributed by atoms with van der Waals surface area (Å²) in [6, 6.07) is 17.0. The number of aliphatic hydroxyl groups excluding tert-OH is 1. The molecule has 0 bridgehead atoms. The lowest BCUT2D eigenvalue weighted by molar-refractivity contribution is 0.182. The summed E-state index contributed by atoms with van der Waals surface area (Å²) in [6.07, 6.45) is 1.70. The Labute approximate surface area is 126 Å². The van der Waals surface area contributed by atoms with Gasteiger partial charge in [0.1, 0.15) is 0 Å². The van der Waals surface area contributed by atoms with E-state index in [1.165, 1.54) is 22.5 Å². The van der Waals surface area contributed by atoms with Crippen molar-refractivity contribution in [1.29, 1.82) is 0 Å². The number of benzene rings is 2. The van der Waals surface area contributed by atoms with Gasteiger partial charge in [0.2, 0.25) is 0 Å². The minimum absolute atomic E-state index is 0.394. The van der Waals surface area contributed by atoms with E-state index in [9.17, 15) is 5.11 Å². The molecule has 3 heteroatoms. The molecule has 0 amide bonds. The maximum atomic E-state index is 10.2. The Hall–Kier alpha value is -1.84. The van der Waals surface area contributed by atoms with Gasteiger partial charge in [0.25, 0.3) is 0 Å². The number of rotatable bonds is 4. The van der Waals surface area contributed by atoms with Crippen molar-refractivity contribution >= 4 is 11.4 Å². The molecule has 3 nitrogen and oxygen atoms in total. The van der Waals surface area contributed by atoms with Gasteiger partial charge in [-0.25, -0.2) is 0 Å². The quantitative estimate of drug-likeness (QED) is 0.904. The van der Waals surface area contributed by atoms with Crippen molar-refractivity contribution in [2.24, 2.45) is 0 Å². The molecule has 0 spiro atoms. The molecule has 1 aliphatic rings. The average Bonchev–Trinajstić information content (AvgIpc) is 2.66. The summed E-state index contributed by atoms with van der Waals surface area (Å²) in [7, 11) is 1.87. The lowest BCUT2D eigenvalue weighted by Gasteiger charge is -2.29. The highest BCUT2D eigenvalue weighted by Gasteiger charge is 2.21. The number of fused-ring (bicyclic) bond motifs is 2. The van der Waals surface area contributed by atoms with Gasteiger partial charge in [-0.3, -0.25) is 0 Å². The molecule has 2 N–H and O–H groups in total. The third-order valence-electron chi connectivity index (χ3n) is 4.06. The van der Waals surface area contributed by atoms with E-state index in [1.807, 2.05) is 7.05 Å². The molecular weight excluding hydrogens is 259 g/mol. The number of hydrogen-bond donors (Lipinski definition) is 2. The molecule has 0 saturated heterocycles. The molecule has 0 aliphatic carbocycles. The number of para-hydroxylation sites is 2. The molecule has 0 fully saturated rings. The fraction of sp³-hybridized carbons (Fsp3) is 0.333. The topological polar surface area (TPSA) is 35.5 Å². The Balaban J connectivity index is 2.02. The summed E-state index contributed by atoms with van der Waals surface area (Å²) in [4.78, 5) is 2.26. The van der Waals surface area contributed by atoms with Gasteiger partial charge in [0.15, 0.2) is 0 Å². The van der Waals surface area contributed by atoms with Gasteiger partial charge >= 0.3 is 0 Å². The van der Waals surface area contributed by atoms with Crippen LogP contribution in [0.2, 0.25) is 0 Å². The average molecular weight is 281 g/mol. The second kappa shape index (κ2) is 6.29. The van der Waals surface area contributed by atoms with E-state index in [2.05, 4.69) is 58.7 Å². The SMILES string of the molecule is [11CH3]NC[C@@H](O)CN1c2ccccc2CCc2ccccc21. The second-order valence-corrected chi connectivity index (χ2v) is 5.58. The van der Waals surface area contributed by atoms with Crippen LogP contribution in [0.4, 0.5) is 11.4 Å². The van der Waals surface area contributed by atoms with Crippen LogP contribution in [0.25, 0.3) is 0 Å². The normalized spacial score (nSPS) is 15.0. The molecule has 1 heterocycles. The van der Waals surface area contributed by atoms with Crippen LogP contribution in [-0.4, -0.2) is 31.3 Å². The van der Waals surface area contributed by atoms with E-state index in [0.717, 1.165) is 12.8 Å². The Morgan fingerprint density at radius 2 is 1.52 bits per heavy atom. The first-order chi connectivity index (χ1) is 10.3. The van der Waals surface area contributed by atoms with Gasteiger partial charge < -0.3 is 15.3 Å². The molecule has 0 unspecified atom stereocenters. The zero-order valence-corrected chi connectivity index (χ0v) is 12.4. The number of nitrogens with one attached hydrogen (secondary N) is 1. The van der Waals surface area contributed by atoms with E-state index in [-0.39, 0.29) is 0 Å². The Morgan fingerprint density at radius 1 is 1.00 bits per heavy atom. The highest BCUT2D eigenvalue weighted by Crippen LogP contribution is 2.35. The van der Waals surface area contributed by atoms with Gasteiger partial charge in [0.05, 0.1) is 12.6 Å². The van der Waals surface area contributed by atoms with E-state index in [1.54, 1.807) is 0 Å². The van der Waals surface area contributed by atoms with Crippen molar-refractivity contribution in [2.75, 3.05) is 25.0 Å². The van der Waals surface area contributed by atoms with Crippen LogP contribution in [0, 0.1) is 0 Å². The summed E-state index contributed by atoms with van der Waals surface area (Å²) in [5, 5.41) is 13.3. The molecule has 0 saturated carbocycles. The summed E-state index contributed by atoms with van der Waals surface area (Å²) in [6.45, 7) is 1.20. The van der Waals surface area contributed by atoms with E-state index in [4.69, 9.17) is 0 Å². The summed E-state index contributed by atoms with van der Waals surface area (Å²) in [5.74, 6) is 0. The largest absolute Gasteiger partial charge is 0.390 e. The van der Waals surface area contributed by atoms with Gasteiger partial charge in [-0.05, 0) is 43.1 Å². The van der Waals surface area contributed by atoms with Gasteiger partial charge in [-0.2, -0.15) is 0 Å². The van der Waals surface area contributed by atoms with Crippen LogP contribution in [0.15, 0.2) is 48.5 Å². The highest BCUT2D eigenvalue weighted by atomic mass is 16.3. The zero-order valence-electron chi connectivity index (χ0n) is 12.4. The first kappa shape index (κ1) is 14.1. The van der Waals surface area contributed by atoms with Crippen molar-refractivity contribution in [3.8, 4) is 0 Å². The minimum atomic E-state index is -0.394. The van der Waals surface area contributed by atoms with Crippen LogP contribution < -0.4 is 10.2 Å². The molecule has 2 aromatic rings. The molecule has 110 valence electrons. The minimum Gasteiger partial charge on any atom is -0.390 e. The Kier molecular flexibility index (Phi) is 4.23. The first-order valence-electron chi connectivity index (χ1n) is 7.55. The lowest BCUT2D eigenvalue weighted by Crippen LogP contribution is -2.35. The van der Waals surface area contributed by atoms with E-state index in [0.29, 0.717) is 13.1 Å². The predicted molar refractivity (Wildman–Crippen MR) is 87.2 cm³/mol. The number of anilines is 2. The number of aryl methyl sites for hydroxylation is 2. The third kappa shape index (κ3) is 2.94. The fourth-order valence-electron chi connectivity index (χ4n) is 3.08. The van der Waals surface area contributed by atoms with Crippen LogP contribution in [0.3, 0.4) is 0 Å². The number of hydrogen-bond acceptors (Lipinski definition) is 3. The van der Waals surface area contributed by atoms with E-state index < -0.39 is 6.10 Å². The lowest BCUT2D eigenvalue weighted by atomic mass is 10.0. The molecule has 1 aliphatic heterocycles. The summed E-state index contributed by atoms with van der Waals surface area (Å²) < 4.78 is 0. The third-order valence-corrected chi connectivity index (χ3v) is 4.06. The molecule has 1 atom stereocenters. The van der Waals surface area contributed by atoms with Crippen LogP contribution >= 0.6 is 0 Å². The van der Waals surface area contributed by atoms with Crippen molar-refractivity contribution in [3.05, 3.63) is 59.7 Å². The maximum absolute atomic E-state index is 10.2. The van der Waals surface area contributed by atoms with Crippen LogP contribution in [0.5, 0.6) is 0 Å². The molecule has 0 aromatic heterocycles. The van der Waals surface area contributed by atoms with Gasteiger partial charge in [-0.1, -0.05) is 36.4 Å². The highest BCUT2D eigenvalue weighted by molar-refractivity contribution is 5.71. The van der Waals surface area contributed by atoms with Crippen LogP contribution in [-0.2, 0) is 12.8 Å². The Morgan fingerprint density at radius 3 is 2.05 bits per heavy atom. The van der Waals surface area contributed by atoms with Crippen molar-refractivity contribution in [3.63, 3.8) is 0 Å². The molecule has 3 rings (SSSR count). The maximum Gasteiger partial charge on any atom is 0.0843 e. The van der Waals surface area contributed by atoms with Crippen molar-refractivity contribution < 1.29 is 5.11 Å². The van der Waals surface area contributed by atoms with E-state index >= 15 is 0 Å². The number of β-amino-alcohol motifs (C(OH)–C–C–N with tert-alkyl or cyclic N) is 1. The van der Waals surface area contributed by atoms with Crippen LogP contribution in [0.1, 0.15) is 11.1 Å². The molecule has 21 heavy (non-hydrogen) atoms. The molecular formula is C18H22N2O. The van der Waals surface area contributed by atoms with Gasteiger partial charge in [0, 0.05) is 17.9 Å². The zero-order chi connectivity index (χ0) is 14.7. The Bertz CT molecular complexity index is 564. The van der Waals surface area contributed by atoms with Crippen molar-refractivity contribution in [2.45, 2.75) is 18.9 Å². The van der Waals surface area contributed by atoms with Crippen molar-refractivity contribution in [1.82, 2.24) is 5.32 Å². The number of aliphatic hydroxyl groups is 1. The first-order valence-corrected chi connectivity index (χ1v) is 7.55. The second-order valence-electron chi connectivity index (χ2n) is 5.58. The smallest absolute Gasteiger partial charge is 0.0843 e.